The molecule has 0 radical (unpaired) electrons. The molecular weight excluding hydrogens is 186 g/mol. The van der Waals surface area contributed by atoms with Gasteiger partial charge < -0.3 is 10.1 Å². The molecule has 1 heterocycles. The second-order valence-electron chi connectivity index (χ2n) is 5.18. The van der Waals surface area contributed by atoms with E-state index in [0.29, 0.717) is 11.5 Å². The van der Waals surface area contributed by atoms with Gasteiger partial charge in [0.25, 0.3) is 0 Å². The minimum atomic E-state index is 0.415. The van der Waals surface area contributed by atoms with Crippen LogP contribution in [-0.4, -0.2) is 19.7 Å². The zero-order chi connectivity index (χ0) is 10.7. The maximum atomic E-state index is 5.81. The van der Waals surface area contributed by atoms with Crippen molar-refractivity contribution in [3.8, 4) is 0 Å². The van der Waals surface area contributed by atoms with Gasteiger partial charge in [0.05, 0.1) is 12.6 Å². The van der Waals surface area contributed by atoms with Crippen molar-refractivity contribution in [3.05, 3.63) is 11.8 Å². The lowest BCUT2D eigenvalue weighted by atomic mass is 9.79. The summed E-state index contributed by atoms with van der Waals surface area (Å²) in [7, 11) is 2.06. The Morgan fingerprint density at radius 2 is 2.07 bits per heavy atom. The van der Waals surface area contributed by atoms with Crippen LogP contribution in [0.15, 0.2) is 11.8 Å². The Bertz CT molecular complexity index is 241. The van der Waals surface area contributed by atoms with Gasteiger partial charge in [-0.3, -0.25) is 0 Å². The van der Waals surface area contributed by atoms with Crippen LogP contribution in [0.2, 0.25) is 0 Å². The molecule has 0 aromatic heterocycles. The maximum Gasteiger partial charge on any atom is 0.109 e. The Kier molecular flexibility index (Phi) is 3.35. The summed E-state index contributed by atoms with van der Waals surface area (Å²) in [5.41, 5.74) is 0.415. The third kappa shape index (κ3) is 2.20. The van der Waals surface area contributed by atoms with Gasteiger partial charge in [-0.05, 0) is 44.2 Å². The molecule has 1 fully saturated rings. The fourth-order valence-electron chi connectivity index (χ4n) is 3.08. The molecule has 2 heteroatoms. The van der Waals surface area contributed by atoms with Crippen LogP contribution < -0.4 is 5.32 Å². The van der Waals surface area contributed by atoms with Crippen LogP contribution in [-0.2, 0) is 4.74 Å². The van der Waals surface area contributed by atoms with Gasteiger partial charge in [0, 0.05) is 0 Å². The number of hydrogen-bond acceptors (Lipinski definition) is 2. The van der Waals surface area contributed by atoms with Gasteiger partial charge >= 0.3 is 0 Å². The van der Waals surface area contributed by atoms with Gasteiger partial charge in [0.1, 0.15) is 5.76 Å². The zero-order valence-electron chi connectivity index (χ0n) is 10.0. The lowest BCUT2D eigenvalue weighted by Gasteiger charge is -2.36. The highest BCUT2D eigenvalue weighted by Gasteiger charge is 2.39. The number of nitrogens with one attached hydrogen (secondary N) is 1. The summed E-state index contributed by atoms with van der Waals surface area (Å²) in [6.07, 6.45) is 10.1. The molecule has 0 saturated heterocycles. The van der Waals surface area contributed by atoms with Crippen molar-refractivity contribution in [3.63, 3.8) is 0 Å². The number of hydrogen-bond donors (Lipinski definition) is 1. The molecule has 86 valence electrons. The van der Waals surface area contributed by atoms with E-state index < -0.39 is 0 Å². The molecule has 0 spiro atoms. The average Bonchev–Trinajstić information content (AvgIpc) is 2.68. The van der Waals surface area contributed by atoms with Gasteiger partial charge in [-0.1, -0.05) is 19.8 Å². The molecular formula is C13H23NO. The Labute approximate surface area is 93.1 Å². The zero-order valence-corrected chi connectivity index (χ0v) is 10.0. The lowest BCUT2D eigenvalue weighted by Crippen LogP contribution is -2.43. The van der Waals surface area contributed by atoms with Crippen molar-refractivity contribution in [2.45, 2.75) is 51.5 Å². The molecule has 0 amide bonds. The van der Waals surface area contributed by atoms with Crippen LogP contribution in [0.4, 0.5) is 0 Å². The van der Waals surface area contributed by atoms with Crippen LogP contribution in [0.1, 0.15) is 45.4 Å². The Morgan fingerprint density at radius 3 is 2.60 bits per heavy atom. The molecule has 1 atom stereocenters. The molecule has 2 rings (SSSR count). The Morgan fingerprint density at radius 1 is 1.33 bits per heavy atom. The van der Waals surface area contributed by atoms with E-state index in [-0.39, 0.29) is 0 Å². The molecule has 1 N–H and O–H groups in total. The summed E-state index contributed by atoms with van der Waals surface area (Å²) in [6.45, 7) is 3.31. The minimum absolute atomic E-state index is 0.415. The fraction of sp³-hybridized carbons (Fsp3) is 0.846. The second kappa shape index (κ2) is 4.56. The largest absolute Gasteiger partial charge is 0.497 e. The number of likely N-dealkylation sites (N-methyl/N-ethyl adjacent to an activating group) is 1. The molecule has 0 aromatic rings. The van der Waals surface area contributed by atoms with Gasteiger partial charge in [0.15, 0.2) is 0 Å². The highest BCUT2D eigenvalue weighted by molar-refractivity contribution is 5.12. The predicted octanol–water partition coefficient (Wildman–Crippen LogP) is 2.85. The molecule has 15 heavy (non-hydrogen) atoms. The van der Waals surface area contributed by atoms with Crippen molar-refractivity contribution in [1.29, 1.82) is 0 Å². The van der Waals surface area contributed by atoms with Gasteiger partial charge in [-0.25, -0.2) is 0 Å². The van der Waals surface area contributed by atoms with E-state index in [1.165, 1.54) is 44.3 Å². The van der Waals surface area contributed by atoms with Crippen molar-refractivity contribution in [2.24, 2.45) is 5.41 Å². The molecule has 0 aromatic carbocycles. The summed E-state index contributed by atoms with van der Waals surface area (Å²) in [5, 5.41) is 3.46. The van der Waals surface area contributed by atoms with Gasteiger partial charge in [-0.15, -0.1) is 0 Å². The molecule has 1 unspecified atom stereocenters. The van der Waals surface area contributed by atoms with E-state index in [2.05, 4.69) is 25.4 Å². The molecule has 2 aliphatic rings. The molecule has 1 saturated carbocycles. The standard InChI is InChI=1S/C13H23NO/c1-13(8-4-5-9-13)12(14-2)11-7-3-6-10-15-11/h7,12,14H,3-6,8-10H2,1-2H3. The Balaban J connectivity index is 2.11. The predicted molar refractivity (Wildman–Crippen MR) is 62.7 cm³/mol. The number of ether oxygens (including phenoxy) is 1. The van der Waals surface area contributed by atoms with E-state index in [1.54, 1.807) is 0 Å². The highest BCUT2D eigenvalue weighted by atomic mass is 16.5. The SMILES string of the molecule is CNC(C1=CCCCO1)C1(C)CCCC1. The maximum absolute atomic E-state index is 5.81. The quantitative estimate of drug-likeness (QED) is 0.771. The monoisotopic (exact) mass is 209 g/mol. The smallest absolute Gasteiger partial charge is 0.109 e. The lowest BCUT2D eigenvalue weighted by molar-refractivity contribution is 0.123. The summed E-state index contributed by atoms with van der Waals surface area (Å²) in [6, 6.07) is 0.431. The van der Waals surface area contributed by atoms with E-state index >= 15 is 0 Å². The fourth-order valence-corrected chi connectivity index (χ4v) is 3.08. The van der Waals surface area contributed by atoms with E-state index in [4.69, 9.17) is 4.74 Å². The second-order valence-corrected chi connectivity index (χ2v) is 5.18. The number of allylic oxidation sites excluding steroid dienone is 1. The first-order valence-electron chi connectivity index (χ1n) is 6.26. The first kappa shape index (κ1) is 11.0. The molecule has 2 nitrogen and oxygen atoms in total. The van der Waals surface area contributed by atoms with E-state index in [0.717, 1.165) is 6.61 Å². The minimum Gasteiger partial charge on any atom is -0.497 e. The highest BCUT2D eigenvalue weighted by Crippen LogP contribution is 2.43. The third-order valence-electron chi connectivity index (χ3n) is 3.98. The van der Waals surface area contributed by atoms with Crippen LogP contribution >= 0.6 is 0 Å². The van der Waals surface area contributed by atoms with Crippen molar-refractivity contribution < 1.29 is 4.74 Å². The average molecular weight is 209 g/mol. The topological polar surface area (TPSA) is 21.3 Å². The summed E-state index contributed by atoms with van der Waals surface area (Å²) >= 11 is 0. The summed E-state index contributed by atoms with van der Waals surface area (Å²) in [5.74, 6) is 1.20. The molecule has 1 aliphatic carbocycles. The number of rotatable bonds is 3. The molecule has 0 bridgehead atoms. The first-order valence-corrected chi connectivity index (χ1v) is 6.26. The van der Waals surface area contributed by atoms with Crippen molar-refractivity contribution in [2.75, 3.05) is 13.7 Å². The van der Waals surface area contributed by atoms with Crippen molar-refractivity contribution in [1.82, 2.24) is 5.32 Å². The Hall–Kier alpha value is -0.500. The summed E-state index contributed by atoms with van der Waals surface area (Å²) in [4.78, 5) is 0. The molecule has 1 aliphatic heterocycles. The van der Waals surface area contributed by atoms with Crippen LogP contribution in [0.5, 0.6) is 0 Å². The van der Waals surface area contributed by atoms with Crippen molar-refractivity contribution >= 4 is 0 Å². The normalized spacial score (nSPS) is 26.9. The van der Waals surface area contributed by atoms with E-state index in [9.17, 15) is 0 Å². The summed E-state index contributed by atoms with van der Waals surface area (Å²) < 4.78 is 5.81. The van der Waals surface area contributed by atoms with Crippen LogP contribution in [0, 0.1) is 5.41 Å². The van der Waals surface area contributed by atoms with Crippen LogP contribution in [0.25, 0.3) is 0 Å². The van der Waals surface area contributed by atoms with E-state index in [1.807, 2.05) is 0 Å². The first-order chi connectivity index (χ1) is 7.26. The van der Waals surface area contributed by atoms with Crippen LogP contribution in [0.3, 0.4) is 0 Å². The van der Waals surface area contributed by atoms with Gasteiger partial charge in [-0.2, -0.15) is 0 Å². The van der Waals surface area contributed by atoms with Gasteiger partial charge in [0.2, 0.25) is 0 Å². The third-order valence-corrected chi connectivity index (χ3v) is 3.98.